The van der Waals surface area contributed by atoms with Crippen LogP contribution >= 0.6 is 0 Å². The van der Waals surface area contributed by atoms with Crippen molar-refractivity contribution in [2.45, 2.75) is 31.7 Å². The lowest BCUT2D eigenvalue weighted by molar-refractivity contribution is -0.143. The molecule has 1 aromatic rings. The van der Waals surface area contributed by atoms with Gasteiger partial charge in [0.15, 0.2) is 0 Å². The molecule has 1 aromatic carbocycles. The van der Waals surface area contributed by atoms with Gasteiger partial charge in [-0.1, -0.05) is 0 Å². The summed E-state index contributed by atoms with van der Waals surface area (Å²) in [4.78, 5) is 23.1. The minimum Gasteiger partial charge on any atom is -0.480 e. The molecule has 0 saturated heterocycles. The number of carboxylic acid groups (broad SMARTS) is 1. The van der Waals surface area contributed by atoms with Crippen molar-refractivity contribution in [3.05, 3.63) is 34.9 Å². The molecule has 0 heterocycles. The Morgan fingerprint density at radius 2 is 1.58 bits per heavy atom. The zero-order valence-corrected chi connectivity index (χ0v) is 13.1. The Balaban J connectivity index is 3.26. The van der Waals surface area contributed by atoms with Crippen molar-refractivity contribution in [1.82, 2.24) is 5.32 Å². The van der Waals surface area contributed by atoms with Crippen LogP contribution in [0, 0.1) is 17.2 Å². The summed E-state index contributed by atoms with van der Waals surface area (Å²) in [6.45, 7) is 1.34. The highest BCUT2D eigenvalue weighted by Gasteiger charge is 2.37. The molecule has 142 valence electrons. The number of halogens is 6. The summed E-state index contributed by atoms with van der Waals surface area (Å²) in [6.07, 6.45) is -10.7. The van der Waals surface area contributed by atoms with E-state index in [0.717, 1.165) is 0 Å². The number of amides is 1. The number of rotatable bonds is 5. The van der Waals surface area contributed by atoms with E-state index in [1.54, 1.807) is 6.07 Å². The molecule has 5 nitrogen and oxygen atoms in total. The fraction of sp³-hybridized carbons (Fsp3) is 0.400. The van der Waals surface area contributed by atoms with Crippen LogP contribution in [-0.2, 0) is 17.1 Å². The van der Waals surface area contributed by atoms with Crippen LogP contribution < -0.4 is 5.32 Å². The molecule has 0 aliphatic rings. The Bertz CT molecular complexity index is 704. The summed E-state index contributed by atoms with van der Waals surface area (Å²) in [7, 11) is 0. The number of nitriles is 1. The van der Waals surface area contributed by atoms with Crippen molar-refractivity contribution < 1.29 is 41.0 Å². The Morgan fingerprint density at radius 3 is 1.92 bits per heavy atom. The van der Waals surface area contributed by atoms with Crippen LogP contribution in [0.5, 0.6) is 0 Å². The lowest BCUT2D eigenvalue weighted by Gasteiger charge is -2.17. The predicted molar refractivity (Wildman–Crippen MR) is 74.7 cm³/mol. The van der Waals surface area contributed by atoms with Crippen molar-refractivity contribution in [1.29, 1.82) is 5.26 Å². The molecule has 0 unspecified atom stereocenters. The molecule has 2 atom stereocenters. The zero-order valence-electron chi connectivity index (χ0n) is 13.1. The number of nitrogens with one attached hydrogen (secondary N) is 1. The van der Waals surface area contributed by atoms with E-state index in [4.69, 9.17) is 10.4 Å². The Kier molecular flexibility index (Phi) is 6.25. The third kappa shape index (κ3) is 5.65. The highest BCUT2D eigenvalue weighted by atomic mass is 19.4. The zero-order chi connectivity index (χ0) is 20.3. The summed E-state index contributed by atoms with van der Waals surface area (Å²) in [6, 6.07) is 0.291. The second-order valence-corrected chi connectivity index (χ2v) is 5.42. The van der Waals surface area contributed by atoms with Gasteiger partial charge in [0.1, 0.15) is 6.04 Å². The average molecular weight is 382 g/mol. The largest absolute Gasteiger partial charge is 0.480 e. The lowest BCUT2D eigenvalue weighted by Crippen LogP contribution is -2.41. The number of hydrogen-bond acceptors (Lipinski definition) is 3. The molecule has 0 bridgehead atoms. The van der Waals surface area contributed by atoms with Gasteiger partial charge in [-0.2, -0.15) is 31.6 Å². The molecule has 1 rings (SSSR count). The van der Waals surface area contributed by atoms with Crippen LogP contribution in [0.3, 0.4) is 0 Å². The normalized spacial score (nSPS) is 14.2. The minimum absolute atomic E-state index is 0.150. The summed E-state index contributed by atoms with van der Waals surface area (Å²) in [5.41, 5.74) is -4.40. The smallest absolute Gasteiger partial charge is 0.416 e. The number of benzene rings is 1. The number of carbonyl (C=O) groups is 2. The fourth-order valence-corrected chi connectivity index (χ4v) is 1.96. The van der Waals surface area contributed by atoms with Gasteiger partial charge in [0, 0.05) is 11.5 Å². The van der Waals surface area contributed by atoms with Gasteiger partial charge in [-0.05, 0) is 31.5 Å². The standard InChI is InChI=1S/C15H12F6N2O3/c1-7(6-22)2-11(13(25)26)23-12(24)8-3-9(14(16,17)18)5-10(4-8)15(19,20)21/h3-5,7,11H,2H2,1H3,(H,23,24)(H,25,26)/t7-,11-/m1/s1. The van der Waals surface area contributed by atoms with Crippen LogP contribution in [0.25, 0.3) is 0 Å². The molecule has 1 amide bonds. The molecule has 0 aliphatic heterocycles. The summed E-state index contributed by atoms with van der Waals surface area (Å²) in [5.74, 6) is -3.83. The Morgan fingerprint density at radius 1 is 1.12 bits per heavy atom. The first-order valence-corrected chi connectivity index (χ1v) is 6.98. The molecular weight excluding hydrogens is 370 g/mol. The van der Waals surface area contributed by atoms with Crippen molar-refractivity contribution in [3.63, 3.8) is 0 Å². The van der Waals surface area contributed by atoms with Crippen LogP contribution in [0.2, 0.25) is 0 Å². The van der Waals surface area contributed by atoms with Crippen LogP contribution in [0.4, 0.5) is 26.3 Å². The molecule has 0 fully saturated rings. The van der Waals surface area contributed by atoms with Gasteiger partial charge in [0.25, 0.3) is 5.91 Å². The monoisotopic (exact) mass is 382 g/mol. The van der Waals surface area contributed by atoms with Gasteiger partial charge in [-0.3, -0.25) is 4.79 Å². The number of aliphatic carboxylic acids is 1. The quantitative estimate of drug-likeness (QED) is 0.764. The van der Waals surface area contributed by atoms with E-state index < -0.39 is 52.9 Å². The number of alkyl halides is 6. The maximum absolute atomic E-state index is 12.8. The van der Waals surface area contributed by atoms with E-state index >= 15 is 0 Å². The minimum atomic E-state index is -5.14. The van der Waals surface area contributed by atoms with Crippen molar-refractivity contribution in [2.75, 3.05) is 0 Å². The molecule has 2 N–H and O–H groups in total. The van der Waals surface area contributed by atoms with E-state index in [1.807, 2.05) is 5.32 Å². The third-order valence-corrected chi connectivity index (χ3v) is 3.26. The highest BCUT2D eigenvalue weighted by Crippen LogP contribution is 2.36. The third-order valence-electron chi connectivity index (χ3n) is 3.26. The number of hydrogen-bond donors (Lipinski definition) is 2. The molecular formula is C15H12F6N2O3. The van der Waals surface area contributed by atoms with E-state index in [-0.39, 0.29) is 24.6 Å². The number of carbonyl (C=O) groups excluding carboxylic acids is 1. The first kappa shape index (κ1) is 21.3. The second kappa shape index (κ2) is 7.63. The molecule has 0 aromatic heterocycles. The summed E-state index contributed by atoms with van der Waals surface area (Å²) >= 11 is 0. The fourth-order valence-electron chi connectivity index (χ4n) is 1.96. The number of nitrogens with zero attached hydrogens (tertiary/aromatic N) is 1. The van der Waals surface area contributed by atoms with Gasteiger partial charge in [-0.25, -0.2) is 4.79 Å². The van der Waals surface area contributed by atoms with Crippen LogP contribution in [-0.4, -0.2) is 23.0 Å². The van der Waals surface area contributed by atoms with Gasteiger partial charge in [0.2, 0.25) is 0 Å². The van der Waals surface area contributed by atoms with Crippen molar-refractivity contribution in [3.8, 4) is 6.07 Å². The van der Waals surface area contributed by atoms with Crippen molar-refractivity contribution >= 4 is 11.9 Å². The Hall–Kier alpha value is -2.77. The van der Waals surface area contributed by atoms with Gasteiger partial charge < -0.3 is 10.4 Å². The molecule has 0 saturated carbocycles. The summed E-state index contributed by atoms with van der Waals surface area (Å²) in [5, 5.41) is 19.5. The molecule has 11 heteroatoms. The highest BCUT2D eigenvalue weighted by molar-refractivity contribution is 5.97. The van der Waals surface area contributed by atoms with E-state index in [0.29, 0.717) is 0 Å². The van der Waals surface area contributed by atoms with Gasteiger partial charge >= 0.3 is 18.3 Å². The second-order valence-electron chi connectivity index (χ2n) is 5.42. The maximum Gasteiger partial charge on any atom is 0.416 e. The predicted octanol–water partition coefficient (Wildman–Crippen LogP) is 3.46. The SMILES string of the molecule is C[C@@H](C#N)C[C@@H](NC(=O)c1cc(C(F)(F)F)cc(C(F)(F)F)c1)C(=O)O. The average Bonchev–Trinajstić information content (AvgIpc) is 2.51. The molecule has 26 heavy (non-hydrogen) atoms. The van der Waals surface area contributed by atoms with Crippen LogP contribution in [0.1, 0.15) is 34.8 Å². The molecule has 0 aliphatic carbocycles. The summed E-state index contributed by atoms with van der Waals surface area (Å²) < 4.78 is 76.7. The van der Waals surface area contributed by atoms with Gasteiger partial charge in [-0.15, -0.1) is 0 Å². The van der Waals surface area contributed by atoms with E-state index in [9.17, 15) is 35.9 Å². The lowest BCUT2D eigenvalue weighted by atomic mass is 10.0. The van der Waals surface area contributed by atoms with E-state index in [1.165, 1.54) is 6.92 Å². The van der Waals surface area contributed by atoms with Crippen LogP contribution in [0.15, 0.2) is 18.2 Å². The molecule has 0 radical (unpaired) electrons. The van der Waals surface area contributed by atoms with Gasteiger partial charge in [0.05, 0.1) is 17.2 Å². The number of carboxylic acids is 1. The van der Waals surface area contributed by atoms with E-state index in [2.05, 4.69) is 0 Å². The maximum atomic E-state index is 12.8. The van der Waals surface area contributed by atoms with Crippen molar-refractivity contribution in [2.24, 2.45) is 5.92 Å². The topological polar surface area (TPSA) is 90.2 Å². The first-order chi connectivity index (χ1) is 11.8. The molecule has 0 spiro atoms. The Labute approximate surface area is 143 Å². The first-order valence-electron chi connectivity index (χ1n) is 6.98.